The van der Waals surface area contributed by atoms with Crippen LogP contribution in [-0.2, 0) is 16.0 Å². The summed E-state index contributed by atoms with van der Waals surface area (Å²) >= 11 is 0. The molecule has 0 aliphatic carbocycles. The monoisotopic (exact) mass is 480 g/mol. The number of fused-ring (bicyclic) bond motifs is 1. The normalized spacial score (nSPS) is 17.3. The smallest absolute Gasteiger partial charge is 0.335 e. The predicted molar refractivity (Wildman–Crippen MR) is 128 cm³/mol. The van der Waals surface area contributed by atoms with Crippen LogP contribution in [0.2, 0.25) is 0 Å². The highest BCUT2D eigenvalue weighted by atomic mass is 16.4. The molecule has 184 valence electrons. The van der Waals surface area contributed by atoms with Crippen molar-refractivity contribution in [1.82, 2.24) is 4.90 Å². The van der Waals surface area contributed by atoms with Gasteiger partial charge in [-0.3, -0.25) is 0 Å². The van der Waals surface area contributed by atoms with E-state index in [1.54, 1.807) is 0 Å². The van der Waals surface area contributed by atoms with Crippen LogP contribution in [-0.4, -0.2) is 68.6 Å². The third-order valence-corrected chi connectivity index (χ3v) is 6.06. The van der Waals surface area contributed by atoms with Crippen LogP contribution in [0.25, 0.3) is 22.1 Å². The van der Waals surface area contributed by atoms with Gasteiger partial charge >= 0.3 is 11.9 Å². The first-order valence-electron chi connectivity index (χ1n) is 11.3. The highest BCUT2D eigenvalue weighted by molar-refractivity contribution is 5.84. The fourth-order valence-electron chi connectivity index (χ4n) is 3.99. The van der Waals surface area contributed by atoms with E-state index in [0.29, 0.717) is 11.6 Å². The van der Waals surface area contributed by atoms with Crippen molar-refractivity contribution in [2.24, 2.45) is 0 Å². The van der Waals surface area contributed by atoms with Gasteiger partial charge in [0.2, 0.25) is 0 Å². The number of nitrogens with zero attached hydrogens (tertiary/aromatic N) is 2. The Morgan fingerprint density at radius 2 is 1.69 bits per heavy atom. The molecule has 2 aromatic carbocycles. The molecule has 3 atom stereocenters. The lowest BCUT2D eigenvalue weighted by Gasteiger charge is -2.19. The fourth-order valence-corrected chi connectivity index (χ4v) is 3.99. The van der Waals surface area contributed by atoms with Crippen molar-refractivity contribution in [2.45, 2.75) is 44.4 Å². The Bertz CT molecular complexity index is 1190. The minimum atomic E-state index is -2.27. The lowest BCUT2D eigenvalue weighted by atomic mass is 10.0. The van der Waals surface area contributed by atoms with E-state index in [-0.39, 0.29) is 0 Å². The molecule has 9 heteroatoms. The van der Waals surface area contributed by atoms with Crippen molar-refractivity contribution >= 4 is 22.9 Å². The third-order valence-electron chi connectivity index (χ3n) is 6.06. The number of benzene rings is 2. The number of carboxylic acids is 2. The Kier molecular flexibility index (Phi) is 8.60. The molecule has 35 heavy (non-hydrogen) atoms. The molecule has 1 saturated heterocycles. The quantitative estimate of drug-likeness (QED) is 0.399. The van der Waals surface area contributed by atoms with Gasteiger partial charge in [0, 0.05) is 24.4 Å². The first kappa shape index (κ1) is 25.9. The fraction of sp³-hybridized carbons (Fsp3) is 0.346. The summed E-state index contributed by atoms with van der Waals surface area (Å²) in [6.07, 6.45) is -0.941. The SMILES string of the molecule is C[C@@H]1CCCN1CCc1cc2cc(-c3ccc(C#N)cc3)ccc2o1.O=C(O)C(O)[C@@H](O)C(=O)O. The van der Waals surface area contributed by atoms with E-state index in [1.165, 1.54) is 19.4 Å². The van der Waals surface area contributed by atoms with E-state index in [0.717, 1.165) is 40.8 Å². The molecule has 2 heterocycles. The molecule has 4 N–H and O–H groups in total. The molecule has 1 fully saturated rings. The summed E-state index contributed by atoms with van der Waals surface area (Å²) < 4.78 is 6.02. The number of aliphatic hydroxyl groups is 2. The molecule has 1 aliphatic rings. The standard InChI is InChI=1S/C22H22N2O.C4H6O6/c1-16-3-2-11-24(16)12-10-21-14-20-13-19(8-9-22(20)25-21)18-6-4-17(15-23)5-7-18;5-1(3(7)8)2(6)4(9)10/h4-9,13-14,16H,2-3,10-12H2,1H3;1-2,5-6H,(H,7,8)(H,9,10)/t16-;1-,2?/m11/s1. The van der Waals surface area contributed by atoms with Crippen LogP contribution >= 0.6 is 0 Å². The number of hydrogen-bond acceptors (Lipinski definition) is 7. The lowest BCUT2D eigenvalue weighted by Crippen LogP contribution is -2.39. The van der Waals surface area contributed by atoms with E-state index >= 15 is 0 Å². The first-order chi connectivity index (χ1) is 16.7. The van der Waals surface area contributed by atoms with Crippen molar-refractivity contribution < 1.29 is 34.4 Å². The number of nitriles is 1. The van der Waals surface area contributed by atoms with E-state index in [4.69, 9.17) is 30.1 Å². The molecule has 9 nitrogen and oxygen atoms in total. The van der Waals surface area contributed by atoms with Crippen molar-refractivity contribution in [1.29, 1.82) is 5.26 Å². The molecule has 4 rings (SSSR count). The molecule has 1 aliphatic heterocycles. The maximum absolute atomic E-state index is 9.77. The van der Waals surface area contributed by atoms with Crippen LogP contribution in [0.5, 0.6) is 0 Å². The summed E-state index contributed by atoms with van der Waals surface area (Å²) in [4.78, 5) is 22.1. The van der Waals surface area contributed by atoms with Crippen LogP contribution in [0.1, 0.15) is 31.1 Å². The molecule has 1 unspecified atom stereocenters. The Labute approximate surface area is 202 Å². The number of hydrogen-bond donors (Lipinski definition) is 4. The van der Waals surface area contributed by atoms with Crippen LogP contribution in [0.3, 0.4) is 0 Å². The van der Waals surface area contributed by atoms with Crippen LogP contribution < -0.4 is 0 Å². The van der Waals surface area contributed by atoms with E-state index in [1.807, 2.05) is 30.3 Å². The molecular weight excluding hydrogens is 452 g/mol. The second-order valence-corrected chi connectivity index (χ2v) is 8.50. The molecule has 0 radical (unpaired) electrons. The summed E-state index contributed by atoms with van der Waals surface area (Å²) in [6.45, 7) is 4.60. The zero-order valence-electron chi connectivity index (χ0n) is 19.3. The zero-order valence-corrected chi connectivity index (χ0v) is 19.3. The maximum Gasteiger partial charge on any atom is 0.335 e. The number of likely N-dealkylation sites (tertiary alicyclic amines) is 1. The topological polar surface area (TPSA) is 155 Å². The van der Waals surface area contributed by atoms with Crippen LogP contribution in [0.15, 0.2) is 52.9 Å². The zero-order chi connectivity index (χ0) is 25.5. The van der Waals surface area contributed by atoms with Crippen molar-refractivity contribution in [3.8, 4) is 17.2 Å². The summed E-state index contributed by atoms with van der Waals surface area (Å²) in [6, 6.07) is 19.0. The molecule has 0 bridgehead atoms. The molecule has 0 saturated carbocycles. The van der Waals surface area contributed by atoms with E-state index in [2.05, 4.69) is 36.1 Å². The van der Waals surface area contributed by atoms with Crippen molar-refractivity contribution in [3.63, 3.8) is 0 Å². The van der Waals surface area contributed by atoms with Crippen molar-refractivity contribution in [3.05, 3.63) is 59.9 Å². The summed E-state index contributed by atoms with van der Waals surface area (Å²) in [7, 11) is 0. The van der Waals surface area contributed by atoms with Crippen LogP contribution in [0, 0.1) is 11.3 Å². The third kappa shape index (κ3) is 6.67. The number of carbonyl (C=O) groups is 2. The van der Waals surface area contributed by atoms with Gasteiger partial charge in [0.1, 0.15) is 11.3 Å². The van der Waals surface area contributed by atoms with Gasteiger partial charge in [-0.2, -0.15) is 5.26 Å². The maximum atomic E-state index is 9.77. The Morgan fingerprint density at radius 3 is 2.23 bits per heavy atom. The Hall–Kier alpha value is -3.71. The molecule has 0 spiro atoms. The minimum Gasteiger partial charge on any atom is -0.479 e. The second kappa shape index (κ2) is 11.6. The molecule has 0 amide bonds. The number of rotatable bonds is 7. The van der Waals surface area contributed by atoms with Gasteiger partial charge in [0.05, 0.1) is 11.6 Å². The number of carboxylic acid groups (broad SMARTS) is 2. The highest BCUT2D eigenvalue weighted by Gasteiger charge is 2.29. The average Bonchev–Trinajstić information content (AvgIpc) is 3.46. The second-order valence-electron chi connectivity index (χ2n) is 8.50. The van der Waals surface area contributed by atoms with Gasteiger partial charge in [-0.1, -0.05) is 18.2 Å². The number of aliphatic carboxylic acids is 2. The van der Waals surface area contributed by atoms with Gasteiger partial charge in [0.25, 0.3) is 0 Å². The predicted octanol–water partition coefficient (Wildman–Crippen LogP) is 2.88. The molecule has 1 aromatic heterocycles. The number of furan rings is 1. The summed E-state index contributed by atoms with van der Waals surface area (Å²) in [5, 5.41) is 42.6. The first-order valence-corrected chi connectivity index (χ1v) is 11.3. The molecule has 3 aromatic rings. The van der Waals surface area contributed by atoms with Crippen molar-refractivity contribution in [2.75, 3.05) is 13.1 Å². The summed E-state index contributed by atoms with van der Waals surface area (Å²) in [5.74, 6) is -2.48. The lowest BCUT2D eigenvalue weighted by molar-refractivity contribution is -0.165. The molecular formula is C26H28N2O7. The number of aliphatic hydroxyl groups excluding tert-OH is 2. The van der Waals surface area contributed by atoms with Gasteiger partial charge in [-0.05, 0) is 67.8 Å². The average molecular weight is 481 g/mol. The van der Waals surface area contributed by atoms with Crippen LogP contribution in [0.4, 0.5) is 0 Å². The summed E-state index contributed by atoms with van der Waals surface area (Å²) in [5.41, 5.74) is 3.90. The van der Waals surface area contributed by atoms with Gasteiger partial charge < -0.3 is 29.7 Å². The van der Waals surface area contributed by atoms with E-state index in [9.17, 15) is 9.59 Å². The Morgan fingerprint density at radius 1 is 1.06 bits per heavy atom. The minimum absolute atomic E-state index is 0.687. The van der Waals surface area contributed by atoms with Gasteiger partial charge in [0.15, 0.2) is 12.2 Å². The highest BCUT2D eigenvalue weighted by Crippen LogP contribution is 2.27. The van der Waals surface area contributed by atoms with Gasteiger partial charge in [-0.25, -0.2) is 9.59 Å². The van der Waals surface area contributed by atoms with E-state index < -0.39 is 24.1 Å². The largest absolute Gasteiger partial charge is 0.479 e. The van der Waals surface area contributed by atoms with Gasteiger partial charge in [-0.15, -0.1) is 0 Å². The Balaban J connectivity index is 0.000000292.